The Morgan fingerprint density at radius 2 is 2.00 bits per heavy atom. The molecule has 0 spiro atoms. The number of nitrogens with zero attached hydrogens (tertiary/aromatic N) is 1. The van der Waals surface area contributed by atoms with Crippen molar-refractivity contribution >= 4 is 40.2 Å². The first-order valence-electron chi connectivity index (χ1n) is 5.98. The monoisotopic (exact) mass is 314 g/mol. The van der Waals surface area contributed by atoms with Gasteiger partial charge in [-0.25, -0.2) is 0 Å². The van der Waals surface area contributed by atoms with Gasteiger partial charge >= 0.3 is 0 Å². The Kier molecular flexibility index (Phi) is 5.11. The van der Waals surface area contributed by atoms with E-state index >= 15 is 0 Å². The van der Waals surface area contributed by atoms with E-state index in [0.717, 1.165) is 28.1 Å². The van der Waals surface area contributed by atoms with Gasteiger partial charge < -0.3 is 10.2 Å². The molecule has 1 aromatic heterocycles. The van der Waals surface area contributed by atoms with Gasteiger partial charge in [0, 0.05) is 29.2 Å². The van der Waals surface area contributed by atoms with Gasteiger partial charge in [-0.15, -0.1) is 11.3 Å². The maximum atomic E-state index is 6.10. The van der Waals surface area contributed by atoms with Crippen LogP contribution in [0.25, 0.3) is 0 Å². The fourth-order valence-corrected chi connectivity index (χ4v) is 3.30. The number of anilines is 1. The number of hydrogen-bond acceptors (Lipinski definition) is 3. The Labute approximate surface area is 128 Å². The zero-order valence-corrected chi connectivity index (χ0v) is 13.2. The van der Waals surface area contributed by atoms with E-state index in [2.05, 4.69) is 29.4 Å². The fourth-order valence-electron chi connectivity index (χ4n) is 1.99. The topological polar surface area (TPSA) is 15.3 Å². The van der Waals surface area contributed by atoms with Gasteiger partial charge in [-0.3, -0.25) is 0 Å². The lowest BCUT2D eigenvalue weighted by Crippen LogP contribution is -2.19. The lowest BCUT2D eigenvalue weighted by molar-refractivity contribution is 0.807. The second kappa shape index (κ2) is 6.62. The lowest BCUT2D eigenvalue weighted by atomic mass is 10.1. The first-order valence-corrected chi connectivity index (χ1v) is 7.56. The van der Waals surface area contributed by atoms with Gasteiger partial charge in [0.1, 0.15) is 0 Å². The van der Waals surface area contributed by atoms with E-state index in [0.29, 0.717) is 0 Å². The summed E-state index contributed by atoms with van der Waals surface area (Å²) in [5, 5.41) is 3.93. The number of thiophene rings is 1. The normalized spacial score (nSPS) is 10.7. The molecule has 1 N–H and O–H groups in total. The summed E-state index contributed by atoms with van der Waals surface area (Å²) in [7, 11) is 4.01. The molecule has 1 heterocycles. The second-order valence-corrected chi connectivity index (χ2v) is 6.60. The first kappa shape index (κ1) is 14.7. The quantitative estimate of drug-likeness (QED) is 0.879. The lowest BCUT2D eigenvalue weighted by Gasteiger charge is -2.22. The zero-order valence-electron chi connectivity index (χ0n) is 10.9. The molecular weight excluding hydrogens is 299 g/mol. The van der Waals surface area contributed by atoms with Crippen molar-refractivity contribution in [2.24, 2.45) is 0 Å². The summed E-state index contributed by atoms with van der Waals surface area (Å²) in [6.45, 7) is 1.65. The van der Waals surface area contributed by atoms with Gasteiger partial charge in [-0.1, -0.05) is 29.3 Å². The molecule has 0 saturated carbocycles. The molecule has 1 aromatic carbocycles. The fraction of sp³-hybridized carbons (Fsp3) is 0.286. The maximum Gasteiger partial charge on any atom is 0.0931 e. The minimum absolute atomic E-state index is 0.755. The molecule has 0 unspecified atom stereocenters. The summed E-state index contributed by atoms with van der Waals surface area (Å²) in [4.78, 5) is 3.43. The largest absolute Gasteiger partial charge is 0.369 e. The Balaban J connectivity index is 2.21. The van der Waals surface area contributed by atoms with E-state index in [1.165, 1.54) is 10.4 Å². The van der Waals surface area contributed by atoms with Crippen LogP contribution in [0.4, 0.5) is 5.69 Å². The van der Waals surface area contributed by atoms with Crippen molar-refractivity contribution in [1.29, 1.82) is 0 Å². The SMILES string of the molecule is CNCc1ccc(Cl)cc1N(C)Cc1ccc(Cl)s1. The molecule has 0 atom stereocenters. The Hall–Kier alpha value is -0.740. The molecule has 0 fully saturated rings. The van der Waals surface area contributed by atoms with Crippen LogP contribution < -0.4 is 10.2 Å². The molecule has 0 saturated heterocycles. The van der Waals surface area contributed by atoms with E-state index in [4.69, 9.17) is 23.2 Å². The molecule has 2 nitrogen and oxygen atoms in total. The van der Waals surface area contributed by atoms with E-state index in [1.54, 1.807) is 11.3 Å². The van der Waals surface area contributed by atoms with Crippen LogP contribution in [0.5, 0.6) is 0 Å². The van der Waals surface area contributed by atoms with Crippen LogP contribution >= 0.6 is 34.5 Å². The maximum absolute atomic E-state index is 6.10. The smallest absolute Gasteiger partial charge is 0.0931 e. The van der Waals surface area contributed by atoms with E-state index in [1.807, 2.05) is 25.2 Å². The first-order chi connectivity index (χ1) is 9.10. The molecule has 102 valence electrons. The third-order valence-corrected chi connectivity index (χ3v) is 4.30. The van der Waals surface area contributed by atoms with Gasteiger partial charge in [0.25, 0.3) is 0 Å². The molecule has 0 aliphatic heterocycles. The van der Waals surface area contributed by atoms with Crippen molar-refractivity contribution in [2.45, 2.75) is 13.1 Å². The van der Waals surface area contributed by atoms with Gasteiger partial charge in [-0.05, 0) is 36.9 Å². The van der Waals surface area contributed by atoms with Crippen LogP contribution in [0.1, 0.15) is 10.4 Å². The highest BCUT2D eigenvalue weighted by Gasteiger charge is 2.09. The summed E-state index contributed by atoms with van der Waals surface area (Å²) < 4.78 is 0.824. The van der Waals surface area contributed by atoms with Crippen molar-refractivity contribution in [2.75, 3.05) is 19.0 Å². The Morgan fingerprint density at radius 3 is 2.63 bits per heavy atom. The molecule has 0 aliphatic rings. The third kappa shape index (κ3) is 3.86. The van der Waals surface area contributed by atoms with Crippen LogP contribution in [0, 0.1) is 0 Å². The Morgan fingerprint density at radius 1 is 1.21 bits per heavy atom. The number of halogens is 2. The predicted octanol–water partition coefficient (Wildman–Crippen LogP) is 4.41. The minimum atomic E-state index is 0.755. The average Bonchev–Trinajstić information content (AvgIpc) is 2.77. The van der Waals surface area contributed by atoms with E-state index < -0.39 is 0 Å². The van der Waals surface area contributed by atoms with Crippen LogP contribution in [-0.2, 0) is 13.1 Å². The molecule has 0 radical (unpaired) electrons. The van der Waals surface area contributed by atoms with Crippen molar-refractivity contribution in [1.82, 2.24) is 5.32 Å². The van der Waals surface area contributed by atoms with Crippen LogP contribution in [0.15, 0.2) is 30.3 Å². The molecule has 5 heteroatoms. The average molecular weight is 315 g/mol. The number of benzene rings is 1. The summed E-state index contributed by atoms with van der Waals surface area (Å²) in [5.41, 5.74) is 2.38. The minimum Gasteiger partial charge on any atom is -0.369 e. The summed E-state index contributed by atoms with van der Waals surface area (Å²) >= 11 is 13.7. The van der Waals surface area contributed by atoms with Crippen molar-refractivity contribution in [3.05, 3.63) is 50.1 Å². The molecule has 0 aliphatic carbocycles. The number of rotatable bonds is 5. The van der Waals surface area contributed by atoms with Gasteiger partial charge in [0.05, 0.1) is 10.9 Å². The number of hydrogen-bond donors (Lipinski definition) is 1. The Bertz CT molecular complexity index is 554. The van der Waals surface area contributed by atoms with E-state index in [9.17, 15) is 0 Å². The molecule has 2 aromatic rings. The summed E-state index contributed by atoms with van der Waals surface area (Å²) in [5.74, 6) is 0. The standard InChI is InChI=1S/C14H16Cl2N2S/c1-17-8-10-3-4-11(15)7-13(10)18(2)9-12-5-6-14(16)19-12/h3-7,17H,8-9H2,1-2H3. The zero-order chi connectivity index (χ0) is 13.8. The highest BCUT2D eigenvalue weighted by molar-refractivity contribution is 7.16. The molecule has 0 amide bonds. The second-order valence-electron chi connectivity index (χ2n) is 4.37. The molecular formula is C14H16Cl2N2S. The highest BCUT2D eigenvalue weighted by Crippen LogP contribution is 2.28. The van der Waals surface area contributed by atoms with Crippen LogP contribution in [0.2, 0.25) is 9.36 Å². The van der Waals surface area contributed by atoms with E-state index in [-0.39, 0.29) is 0 Å². The third-order valence-electron chi connectivity index (χ3n) is 2.85. The van der Waals surface area contributed by atoms with Crippen LogP contribution in [0.3, 0.4) is 0 Å². The van der Waals surface area contributed by atoms with Crippen molar-refractivity contribution in [3.63, 3.8) is 0 Å². The summed E-state index contributed by atoms with van der Waals surface area (Å²) in [6.07, 6.45) is 0. The molecule has 2 rings (SSSR count). The number of nitrogens with one attached hydrogen (secondary N) is 1. The van der Waals surface area contributed by atoms with Gasteiger partial charge in [-0.2, -0.15) is 0 Å². The van der Waals surface area contributed by atoms with Crippen LogP contribution in [-0.4, -0.2) is 14.1 Å². The highest BCUT2D eigenvalue weighted by atomic mass is 35.5. The van der Waals surface area contributed by atoms with Crippen molar-refractivity contribution in [3.8, 4) is 0 Å². The predicted molar refractivity (Wildman–Crippen MR) is 85.7 cm³/mol. The molecule has 19 heavy (non-hydrogen) atoms. The summed E-state index contributed by atoms with van der Waals surface area (Å²) in [6, 6.07) is 9.98. The molecule has 0 bridgehead atoms. The van der Waals surface area contributed by atoms with Crippen molar-refractivity contribution < 1.29 is 0 Å². The van der Waals surface area contributed by atoms with Gasteiger partial charge in [0.2, 0.25) is 0 Å². The van der Waals surface area contributed by atoms with Gasteiger partial charge in [0.15, 0.2) is 0 Å².